The smallest absolute Gasteiger partial charge is 0.119 e. The standard InChI is InChI=1S/C14H19BrO2/c15-11-12-5-7-14(8-6-12)17-10-2-4-13-3-1-9-16-13/h5-8,13H,1-4,9-11H2. The lowest BCUT2D eigenvalue weighted by Crippen LogP contribution is -2.07. The summed E-state index contributed by atoms with van der Waals surface area (Å²) in [5.41, 5.74) is 1.27. The van der Waals surface area contributed by atoms with Crippen molar-refractivity contribution in [3.63, 3.8) is 0 Å². The topological polar surface area (TPSA) is 18.5 Å². The summed E-state index contributed by atoms with van der Waals surface area (Å²) >= 11 is 3.43. The first-order valence-electron chi connectivity index (χ1n) is 6.28. The second-order valence-corrected chi connectivity index (χ2v) is 4.96. The van der Waals surface area contributed by atoms with Gasteiger partial charge in [-0.1, -0.05) is 28.1 Å². The molecule has 0 saturated carbocycles. The Labute approximate surface area is 111 Å². The molecule has 0 aliphatic carbocycles. The van der Waals surface area contributed by atoms with Crippen LogP contribution in [0.4, 0.5) is 0 Å². The predicted molar refractivity (Wildman–Crippen MR) is 72.8 cm³/mol. The van der Waals surface area contributed by atoms with Crippen molar-refractivity contribution in [1.29, 1.82) is 0 Å². The zero-order valence-electron chi connectivity index (χ0n) is 10.0. The molecule has 17 heavy (non-hydrogen) atoms. The number of alkyl halides is 1. The molecule has 1 aliphatic heterocycles. The molecule has 1 aliphatic rings. The van der Waals surface area contributed by atoms with E-state index in [9.17, 15) is 0 Å². The number of halogens is 1. The molecule has 1 atom stereocenters. The van der Waals surface area contributed by atoms with Gasteiger partial charge in [0.2, 0.25) is 0 Å². The SMILES string of the molecule is BrCc1ccc(OCCCC2CCCO2)cc1. The molecule has 1 fully saturated rings. The highest BCUT2D eigenvalue weighted by Gasteiger charge is 2.14. The van der Waals surface area contributed by atoms with Gasteiger partial charge in [0.1, 0.15) is 5.75 Å². The molecule has 1 unspecified atom stereocenters. The van der Waals surface area contributed by atoms with Gasteiger partial charge in [-0.15, -0.1) is 0 Å². The molecule has 2 nitrogen and oxygen atoms in total. The molecular formula is C14H19BrO2. The highest BCUT2D eigenvalue weighted by atomic mass is 79.9. The van der Waals surface area contributed by atoms with Gasteiger partial charge >= 0.3 is 0 Å². The summed E-state index contributed by atoms with van der Waals surface area (Å²) in [6.45, 7) is 1.73. The van der Waals surface area contributed by atoms with Gasteiger partial charge in [0.25, 0.3) is 0 Å². The molecule has 0 spiro atoms. The van der Waals surface area contributed by atoms with E-state index < -0.39 is 0 Å². The monoisotopic (exact) mass is 298 g/mol. The van der Waals surface area contributed by atoms with E-state index >= 15 is 0 Å². The fourth-order valence-electron chi connectivity index (χ4n) is 2.05. The predicted octanol–water partition coefficient (Wildman–Crippen LogP) is 3.92. The summed E-state index contributed by atoms with van der Waals surface area (Å²) in [6, 6.07) is 8.24. The maximum atomic E-state index is 5.69. The normalized spacial score (nSPS) is 19.5. The lowest BCUT2D eigenvalue weighted by molar-refractivity contribution is 0.0981. The molecule has 1 aromatic rings. The molecule has 0 aromatic heterocycles. The van der Waals surface area contributed by atoms with E-state index in [-0.39, 0.29) is 0 Å². The van der Waals surface area contributed by atoms with Crippen molar-refractivity contribution in [3.8, 4) is 5.75 Å². The summed E-state index contributed by atoms with van der Waals surface area (Å²) in [5, 5.41) is 0.895. The second kappa shape index (κ2) is 7.02. The number of hydrogen-bond donors (Lipinski definition) is 0. The van der Waals surface area contributed by atoms with E-state index in [0.29, 0.717) is 6.10 Å². The van der Waals surface area contributed by atoms with Gasteiger partial charge in [0, 0.05) is 11.9 Å². The summed E-state index contributed by atoms with van der Waals surface area (Å²) in [5.74, 6) is 0.960. The summed E-state index contributed by atoms with van der Waals surface area (Å²) < 4.78 is 11.3. The van der Waals surface area contributed by atoms with Crippen molar-refractivity contribution in [2.45, 2.75) is 37.1 Å². The molecule has 0 radical (unpaired) electrons. The quantitative estimate of drug-likeness (QED) is 0.585. The summed E-state index contributed by atoms with van der Waals surface area (Å²) in [4.78, 5) is 0. The van der Waals surface area contributed by atoms with Crippen LogP contribution in [0, 0.1) is 0 Å². The molecule has 94 valence electrons. The zero-order chi connectivity index (χ0) is 11.9. The zero-order valence-corrected chi connectivity index (χ0v) is 11.6. The first-order chi connectivity index (χ1) is 8.38. The Hall–Kier alpha value is -0.540. The van der Waals surface area contributed by atoms with E-state index in [1.807, 2.05) is 12.1 Å². The lowest BCUT2D eigenvalue weighted by atomic mass is 10.1. The average Bonchev–Trinajstić information content (AvgIpc) is 2.88. The second-order valence-electron chi connectivity index (χ2n) is 4.40. The van der Waals surface area contributed by atoms with Crippen molar-refractivity contribution in [1.82, 2.24) is 0 Å². The molecule has 3 heteroatoms. The Morgan fingerprint density at radius 3 is 2.76 bits per heavy atom. The fourth-order valence-corrected chi connectivity index (χ4v) is 2.42. The minimum Gasteiger partial charge on any atom is -0.494 e. The van der Waals surface area contributed by atoms with Gasteiger partial charge in [0.05, 0.1) is 12.7 Å². The van der Waals surface area contributed by atoms with Crippen molar-refractivity contribution in [2.24, 2.45) is 0 Å². The lowest BCUT2D eigenvalue weighted by Gasteiger charge is -2.10. The van der Waals surface area contributed by atoms with E-state index in [1.165, 1.54) is 18.4 Å². The van der Waals surface area contributed by atoms with Gasteiger partial charge in [-0.25, -0.2) is 0 Å². The van der Waals surface area contributed by atoms with Crippen LogP contribution in [0.1, 0.15) is 31.2 Å². The highest BCUT2D eigenvalue weighted by Crippen LogP contribution is 2.18. The van der Waals surface area contributed by atoms with E-state index in [1.54, 1.807) is 0 Å². The minimum absolute atomic E-state index is 0.481. The molecule has 2 rings (SSSR count). The molecule has 1 aromatic carbocycles. The highest BCUT2D eigenvalue weighted by molar-refractivity contribution is 9.08. The van der Waals surface area contributed by atoms with E-state index in [0.717, 1.165) is 37.1 Å². The van der Waals surface area contributed by atoms with Gasteiger partial charge < -0.3 is 9.47 Å². The van der Waals surface area contributed by atoms with Gasteiger partial charge in [-0.2, -0.15) is 0 Å². The van der Waals surface area contributed by atoms with Crippen LogP contribution < -0.4 is 4.74 Å². The molecule has 0 N–H and O–H groups in total. The molecular weight excluding hydrogens is 280 g/mol. The van der Waals surface area contributed by atoms with Gasteiger partial charge in [0.15, 0.2) is 0 Å². The Morgan fingerprint density at radius 1 is 1.29 bits per heavy atom. The van der Waals surface area contributed by atoms with Crippen LogP contribution in [-0.2, 0) is 10.1 Å². The van der Waals surface area contributed by atoms with Crippen LogP contribution in [-0.4, -0.2) is 19.3 Å². The number of ether oxygens (including phenoxy) is 2. The van der Waals surface area contributed by atoms with Crippen LogP contribution in [0.25, 0.3) is 0 Å². The Morgan fingerprint density at radius 2 is 2.12 bits per heavy atom. The first kappa shape index (κ1) is 12.9. The van der Waals surface area contributed by atoms with Crippen LogP contribution in [0.2, 0.25) is 0 Å². The van der Waals surface area contributed by atoms with E-state index in [4.69, 9.17) is 9.47 Å². The Bertz CT molecular complexity index is 317. The van der Waals surface area contributed by atoms with Crippen LogP contribution in [0.15, 0.2) is 24.3 Å². The maximum Gasteiger partial charge on any atom is 0.119 e. The van der Waals surface area contributed by atoms with Crippen molar-refractivity contribution in [2.75, 3.05) is 13.2 Å². The van der Waals surface area contributed by atoms with Gasteiger partial charge in [-0.3, -0.25) is 0 Å². The van der Waals surface area contributed by atoms with E-state index in [2.05, 4.69) is 28.1 Å². The number of rotatable bonds is 6. The molecule has 1 saturated heterocycles. The largest absolute Gasteiger partial charge is 0.494 e. The van der Waals surface area contributed by atoms with Crippen LogP contribution in [0.3, 0.4) is 0 Å². The van der Waals surface area contributed by atoms with Crippen LogP contribution >= 0.6 is 15.9 Å². The third-order valence-electron chi connectivity index (χ3n) is 3.04. The van der Waals surface area contributed by atoms with Gasteiger partial charge in [-0.05, 0) is 43.4 Å². The van der Waals surface area contributed by atoms with Crippen molar-refractivity contribution in [3.05, 3.63) is 29.8 Å². The summed E-state index contributed by atoms with van der Waals surface area (Å²) in [7, 11) is 0. The summed E-state index contributed by atoms with van der Waals surface area (Å²) in [6.07, 6.45) is 5.12. The number of hydrogen-bond acceptors (Lipinski definition) is 2. The Kier molecular flexibility index (Phi) is 5.33. The number of benzene rings is 1. The fraction of sp³-hybridized carbons (Fsp3) is 0.571. The van der Waals surface area contributed by atoms with Crippen molar-refractivity contribution < 1.29 is 9.47 Å². The molecule has 0 amide bonds. The first-order valence-corrected chi connectivity index (χ1v) is 7.40. The average molecular weight is 299 g/mol. The third-order valence-corrected chi connectivity index (χ3v) is 3.69. The third kappa shape index (κ3) is 4.32. The maximum absolute atomic E-state index is 5.69. The molecule has 0 bridgehead atoms. The van der Waals surface area contributed by atoms with Crippen LogP contribution in [0.5, 0.6) is 5.75 Å². The molecule has 1 heterocycles. The Balaban J connectivity index is 1.63. The van der Waals surface area contributed by atoms with Crippen molar-refractivity contribution >= 4 is 15.9 Å². The minimum atomic E-state index is 0.481.